The molecule has 1 aliphatic heterocycles. The third kappa shape index (κ3) is 2.78. The first-order valence-corrected chi connectivity index (χ1v) is 8.97. The van der Waals surface area contributed by atoms with E-state index in [4.69, 9.17) is 4.74 Å². The lowest BCUT2D eigenvalue weighted by Gasteiger charge is -2.25. The predicted molar refractivity (Wildman–Crippen MR) is 93.5 cm³/mol. The second kappa shape index (κ2) is 6.28. The van der Waals surface area contributed by atoms with Crippen molar-refractivity contribution in [2.24, 2.45) is 0 Å². The molecule has 0 aliphatic carbocycles. The number of amides is 1. The summed E-state index contributed by atoms with van der Waals surface area (Å²) in [6, 6.07) is 8.19. The Labute approximate surface area is 144 Å². The molecule has 24 heavy (non-hydrogen) atoms. The van der Waals surface area contributed by atoms with Gasteiger partial charge in [-0.05, 0) is 30.5 Å². The van der Waals surface area contributed by atoms with Crippen molar-refractivity contribution in [3.8, 4) is 5.75 Å². The quantitative estimate of drug-likeness (QED) is 0.731. The SMILES string of the molecule is COc1ccc(C2CCCN2C(=O)Cc2cn3ccsc3n2)cc1. The summed E-state index contributed by atoms with van der Waals surface area (Å²) in [6.45, 7) is 0.817. The number of hydrogen-bond acceptors (Lipinski definition) is 4. The number of aromatic nitrogens is 2. The molecule has 1 atom stereocenters. The number of hydrogen-bond donors (Lipinski definition) is 0. The van der Waals surface area contributed by atoms with E-state index in [1.165, 1.54) is 5.56 Å². The molecule has 1 saturated heterocycles. The summed E-state index contributed by atoms with van der Waals surface area (Å²) < 4.78 is 7.19. The lowest BCUT2D eigenvalue weighted by atomic mass is 10.0. The number of carbonyl (C=O) groups excluding carboxylic acids is 1. The molecule has 2 aromatic heterocycles. The van der Waals surface area contributed by atoms with Gasteiger partial charge in [0.15, 0.2) is 4.96 Å². The van der Waals surface area contributed by atoms with Gasteiger partial charge in [-0.3, -0.25) is 9.20 Å². The van der Waals surface area contributed by atoms with Gasteiger partial charge in [0.25, 0.3) is 0 Å². The van der Waals surface area contributed by atoms with Gasteiger partial charge in [0.1, 0.15) is 5.75 Å². The van der Waals surface area contributed by atoms with Crippen molar-refractivity contribution in [3.05, 3.63) is 53.3 Å². The van der Waals surface area contributed by atoms with Crippen molar-refractivity contribution in [2.75, 3.05) is 13.7 Å². The number of rotatable bonds is 4. The standard InChI is InChI=1S/C18H19N3O2S/c1-23-15-6-4-13(5-7-15)16-3-2-8-21(16)17(22)11-14-12-20-9-10-24-18(20)19-14/h4-7,9-10,12,16H,2-3,8,11H2,1H3. The van der Waals surface area contributed by atoms with Crippen LogP contribution in [0.3, 0.4) is 0 Å². The molecule has 3 heterocycles. The number of nitrogens with zero attached hydrogens (tertiary/aromatic N) is 3. The molecule has 1 aromatic carbocycles. The van der Waals surface area contributed by atoms with E-state index in [0.717, 1.165) is 35.8 Å². The summed E-state index contributed by atoms with van der Waals surface area (Å²) in [7, 11) is 1.66. The van der Waals surface area contributed by atoms with Crippen LogP contribution in [0.4, 0.5) is 0 Å². The Kier molecular flexibility index (Phi) is 3.98. The van der Waals surface area contributed by atoms with Crippen molar-refractivity contribution < 1.29 is 9.53 Å². The molecular weight excluding hydrogens is 322 g/mol. The second-order valence-electron chi connectivity index (χ2n) is 6.02. The van der Waals surface area contributed by atoms with Crippen LogP contribution in [0.2, 0.25) is 0 Å². The van der Waals surface area contributed by atoms with E-state index < -0.39 is 0 Å². The smallest absolute Gasteiger partial charge is 0.229 e. The second-order valence-corrected chi connectivity index (χ2v) is 6.89. The molecule has 1 fully saturated rings. The van der Waals surface area contributed by atoms with Crippen molar-refractivity contribution >= 4 is 22.2 Å². The molecule has 5 nitrogen and oxygen atoms in total. The number of benzene rings is 1. The number of likely N-dealkylation sites (tertiary alicyclic amines) is 1. The van der Waals surface area contributed by atoms with Gasteiger partial charge >= 0.3 is 0 Å². The first-order valence-electron chi connectivity index (χ1n) is 8.09. The van der Waals surface area contributed by atoms with Crippen LogP contribution in [0.15, 0.2) is 42.0 Å². The third-order valence-electron chi connectivity index (χ3n) is 4.55. The summed E-state index contributed by atoms with van der Waals surface area (Å²) in [5, 5.41) is 1.99. The van der Waals surface area contributed by atoms with Crippen LogP contribution < -0.4 is 4.74 Å². The van der Waals surface area contributed by atoms with Crippen molar-refractivity contribution in [1.29, 1.82) is 0 Å². The summed E-state index contributed by atoms with van der Waals surface area (Å²) in [6.07, 6.45) is 6.33. The lowest BCUT2D eigenvalue weighted by molar-refractivity contribution is -0.131. The van der Waals surface area contributed by atoms with Crippen LogP contribution in [0.25, 0.3) is 4.96 Å². The number of ether oxygens (including phenoxy) is 1. The number of methoxy groups -OCH3 is 1. The van der Waals surface area contributed by atoms with Gasteiger partial charge in [0, 0.05) is 24.3 Å². The highest BCUT2D eigenvalue weighted by Gasteiger charge is 2.30. The van der Waals surface area contributed by atoms with Gasteiger partial charge in [-0.2, -0.15) is 0 Å². The molecule has 4 rings (SSSR count). The van der Waals surface area contributed by atoms with Gasteiger partial charge in [0.2, 0.25) is 5.91 Å². The van der Waals surface area contributed by atoms with E-state index in [1.807, 2.05) is 39.2 Å². The maximum absolute atomic E-state index is 12.8. The zero-order valence-electron chi connectivity index (χ0n) is 13.5. The van der Waals surface area contributed by atoms with Gasteiger partial charge in [0.05, 0.1) is 25.3 Å². The van der Waals surface area contributed by atoms with Crippen LogP contribution in [0.1, 0.15) is 30.1 Å². The van der Waals surface area contributed by atoms with Gasteiger partial charge in [-0.25, -0.2) is 4.98 Å². The fraction of sp³-hybridized carbons (Fsp3) is 0.333. The molecule has 0 N–H and O–H groups in total. The Morgan fingerprint density at radius 3 is 2.96 bits per heavy atom. The molecule has 0 bridgehead atoms. The van der Waals surface area contributed by atoms with E-state index in [-0.39, 0.29) is 11.9 Å². The molecule has 1 aliphatic rings. The van der Waals surface area contributed by atoms with Crippen molar-refractivity contribution in [1.82, 2.24) is 14.3 Å². The summed E-state index contributed by atoms with van der Waals surface area (Å²) in [5.74, 6) is 0.992. The first kappa shape index (κ1) is 15.2. The van der Waals surface area contributed by atoms with Gasteiger partial charge in [-0.1, -0.05) is 12.1 Å². The zero-order valence-corrected chi connectivity index (χ0v) is 14.3. The molecule has 0 spiro atoms. The van der Waals surface area contributed by atoms with E-state index in [9.17, 15) is 4.79 Å². The van der Waals surface area contributed by atoms with Crippen LogP contribution >= 0.6 is 11.3 Å². The van der Waals surface area contributed by atoms with E-state index >= 15 is 0 Å². The summed E-state index contributed by atoms with van der Waals surface area (Å²) in [5.41, 5.74) is 2.01. The summed E-state index contributed by atoms with van der Waals surface area (Å²) in [4.78, 5) is 20.2. The fourth-order valence-electron chi connectivity index (χ4n) is 3.36. The normalized spacial score (nSPS) is 17.5. The Morgan fingerprint density at radius 1 is 1.38 bits per heavy atom. The minimum Gasteiger partial charge on any atom is -0.497 e. The van der Waals surface area contributed by atoms with Crippen molar-refractivity contribution in [2.45, 2.75) is 25.3 Å². The minimum absolute atomic E-state index is 0.152. The van der Waals surface area contributed by atoms with Crippen molar-refractivity contribution in [3.63, 3.8) is 0 Å². The van der Waals surface area contributed by atoms with Gasteiger partial charge < -0.3 is 9.64 Å². The monoisotopic (exact) mass is 341 g/mol. The highest BCUT2D eigenvalue weighted by molar-refractivity contribution is 7.15. The van der Waals surface area contributed by atoms with Crippen LogP contribution in [-0.4, -0.2) is 33.8 Å². The maximum atomic E-state index is 12.8. The van der Waals surface area contributed by atoms with Crippen LogP contribution in [0.5, 0.6) is 5.75 Å². The predicted octanol–water partition coefficient (Wildman–Crippen LogP) is 3.31. The molecular formula is C18H19N3O2S. The first-order chi connectivity index (χ1) is 11.7. The van der Waals surface area contributed by atoms with E-state index in [0.29, 0.717) is 6.42 Å². The Bertz CT molecular complexity index is 824. The number of fused-ring (bicyclic) bond motifs is 1. The average Bonchev–Trinajstić information content (AvgIpc) is 3.30. The zero-order chi connectivity index (χ0) is 16.5. The maximum Gasteiger partial charge on any atom is 0.229 e. The minimum atomic E-state index is 0.152. The molecule has 0 radical (unpaired) electrons. The molecule has 124 valence electrons. The van der Waals surface area contributed by atoms with E-state index in [1.54, 1.807) is 18.4 Å². The number of carbonyl (C=O) groups is 1. The highest BCUT2D eigenvalue weighted by Crippen LogP contribution is 2.33. The number of thiazole rings is 1. The Balaban J connectivity index is 1.50. The number of imidazole rings is 1. The topological polar surface area (TPSA) is 46.8 Å². The lowest BCUT2D eigenvalue weighted by Crippen LogP contribution is -2.31. The van der Waals surface area contributed by atoms with Gasteiger partial charge in [-0.15, -0.1) is 11.3 Å². The van der Waals surface area contributed by atoms with Crippen LogP contribution in [0, 0.1) is 0 Å². The Hall–Kier alpha value is -2.34. The Morgan fingerprint density at radius 2 is 2.21 bits per heavy atom. The molecule has 1 unspecified atom stereocenters. The average molecular weight is 341 g/mol. The largest absolute Gasteiger partial charge is 0.497 e. The van der Waals surface area contributed by atoms with E-state index in [2.05, 4.69) is 17.1 Å². The molecule has 1 amide bonds. The van der Waals surface area contributed by atoms with Crippen LogP contribution in [-0.2, 0) is 11.2 Å². The fourth-order valence-corrected chi connectivity index (χ4v) is 4.07. The molecule has 0 saturated carbocycles. The molecule has 3 aromatic rings. The molecule has 6 heteroatoms. The third-order valence-corrected chi connectivity index (χ3v) is 5.32. The highest BCUT2D eigenvalue weighted by atomic mass is 32.1. The summed E-state index contributed by atoms with van der Waals surface area (Å²) >= 11 is 1.58.